The molecule has 0 heterocycles. The molecule has 0 nitrogen and oxygen atoms in total. The van der Waals surface area contributed by atoms with Gasteiger partial charge in [-0.2, -0.15) is 0 Å². The van der Waals surface area contributed by atoms with Gasteiger partial charge in [-0.05, 0) is 13.3 Å². The summed E-state index contributed by atoms with van der Waals surface area (Å²) in [6.45, 7) is 6.03. The maximum atomic E-state index is 5.47. The van der Waals surface area contributed by atoms with Crippen LogP contribution in [-0.4, -0.2) is 7.85 Å². The van der Waals surface area contributed by atoms with Crippen LogP contribution in [0.15, 0.2) is 23.2 Å². The van der Waals surface area contributed by atoms with Crippen molar-refractivity contribution in [3.63, 3.8) is 0 Å². The first kappa shape index (κ1) is 8.54. The van der Waals surface area contributed by atoms with Crippen LogP contribution in [0.2, 0.25) is 0 Å². The van der Waals surface area contributed by atoms with E-state index < -0.39 is 0 Å². The van der Waals surface area contributed by atoms with Crippen molar-refractivity contribution in [2.45, 2.75) is 27.2 Å². The monoisotopic (exact) mass is 120 g/mol. The highest BCUT2D eigenvalue weighted by Crippen LogP contribution is 2.13. The Morgan fingerprint density at radius 3 is 2.00 bits per heavy atom. The van der Waals surface area contributed by atoms with Crippen LogP contribution in [0.5, 0.6) is 0 Å². The molecule has 0 aromatic rings. The topological polar surface area (TPSA) is 0 Å². The van der Waals surface area contributed by atoms with Gasteiger partial charge in [0.15, 0.2) is 0 Å². The van der Waals surface area contributed by atoms with Crippen molar-refractivity contribution in [2.75, 3.05) is 0 Å². The Hall–Kier alpha value is -0.455. The second-order valence-corrected chi connectivity index (χ2v) is 1.78. The quantitative estimate of drug-likeness (QED) is 0.430. The molecule has 1 aliphatic carbocycles. The maximum Gasteiger partial charge on any atom is 0.113 e. The van der Waals surface area contributed by atoms with Crippen molar-refractivity contribution in [2.24, 2.45) is 0 Å². The summed E-state index contributed by atoms with van der Waals surface area (Å²) in [5.74, 6) is 0. The largest absolute Gasteiger partial charge is 0.113 e. The predicted octanol–water partition coefficient (Wildman–Crippen LogP) is 2.42. The third-order valence-electron chi connectivity index (χ3n) is 1.22. The third kappa shape index (κ3) is 2.55. The van der Waals surface area contributed by atoms with Gasteiger partial charge in [0.05, 0.1) is 0 Å². The molecule has 0 N–H and O–H groups in total. The van der Waals surface area contributed by atoms with E-state index in [1.807, 2.05) is 26.8 Å². The van der Waals surface area contributed by atoms with Crippen LogP contribution in [-0.2, 0) is 0 Å². The summed E-state index contributed by atoms with van der Waals surface area (Å²) in [4.78, 5) is 0. The number of rotatable bonds is 0. The highest BCUT2D eigenvalue weighted by Gasteiger charge is 1.95. The molecule has 0 bridgehead atoms. The maximum absolute atomic E-state index is 5.47. The predicted molar refractivity (Wildman–Crippen MR) is 43.6 cm³/mol. The summed E-state index contributed by atoms with van der Waals surface area (Å²) in [6, 6.07) is 0. The Morgan fingerprint density at radius 1 is 1.33 bits per heavy atom. The van der Waals surface area contributed by atoms with Gasteiger partial charge in [-0.1, -0.05) is 37.0 Å². The lowest BCUT2D eigenvalue weighted by Crippen LogP contribution is -1.74. The van der Waals surface area contributed by atoms with E-state index in [1.54, 1.807) is 0 Å². The van der Waals surface area contributed by atoms with Gasteiger partial charge in [0, 0.05) is 0 Å². The molecule has 0 saturated heterocycles. The van der Waals surface area contributed by atoms with Gasteiger partial charge < -0.3 is 0 Å². The minimum Gasteiger partial charge on any atom is -0.0977 e. The standard InChI is InChI=1S/C6H7B.C2H6/c1-5-3-2-4-6(5)7;1-2/h3-4H,2H2,1H3;1-2H3. The molecule has 0 amide bonds. The normalized spacial score (nSPS) is 15.4. The van der Waals surface area contributed by atoms with E-state index >= 15 is 0 Å². The van der Waals surface area contributed by atoms with Crippen molar-refractivity contribution in [1.82, 2.24) is 0 Å². The van der Waals surface area contributed by atoms with E-state index in [0.717, 1.165) is 11.9 Å². The fourth-order valence-electron chi connectivity index (χ4n) is 0.642. The van der Waals surface area contributed by atoms with Crippen LogP contribution in [0.3, 0.4) is 0 Å². The van der Waals surface area contributed by atoms with Crippen LogP contribution in [0.4, 0.5) is 0 Å². The third-order valence-corrected chi connectivity index (χ3v) is 1.22. The molecule has 0 spiro atoms. The fraction of sp³-hybridized carbons (Fsp3) is 0.500. The summed E-state index contributed by atoms with van der Waals surface area (Å²) in [5, 5.41) is 0. The lowest BCUT2D eigenvalue weighted by molar-refractivity contribution is 1.42. The molecule has 1 rings (SSSR count). The molecule has 0 fully saturated rings. The summed E-state index contributed by atoms with van der Waals surface area (Å²) >= 11 is 0. The Labute approximate surface area is 59.1 Å². The van der Waals surface area contributed by atoms with Crippen LogP contribution in [0.1, 0.15) is 27.2 Å². The van der Waals surface area contributed by atoms with E-state index in [1.165, 1.54) is 5.57 Å². The highest BCUT2D eigenvalue weighted by molar-refractivity contribution is 6.24. The van der Waals surface area contributed by atoms with Gasteiger partial charge in [0.2, 0.25) is 0 Å². The Balaban J connectivity index is 0.000000291. The van der Waals surface area contributed by atoms with E-state index in [2.05, 4.69) is 6.08 Å². The highest BCUT2D eigenvalue weighted by atomic mass is 14.0. The fourth-order valence-corrected chi connectivity index (χ4v) is 0.642. The van der Waals surface area contributed by atoms with Crippen LogP contribution in [0.25, 0.3) is 0 Å². The average molecular weight is 120 g/mol. The molecule has 1 heteroatoms. The molecule has 0 saturated carbocycles. The molecule has 9 heavy (non-hydrogen) atoms. The summed E-state index contributed by atoms with van der Waals surface area (Å²) in [7, 11) is 5.47. The number of hydrogen-bond donors (Lipinski definition) is 0. The van der Waals surface area contributed by atoms with Gasteiger partial charge in [0.25, 0.3) is 0 Å². The van der Waals surface area contributed by atoms with Crippen molar-refractivity contribution in [1.29, 1.82) is 0 Å². The van der Waals surface area contributed by atoms with Gasteiger partial charge in [-0.25, -0.2) is 0 Å². The van der Waals surface area contributed by atoms with Crippen molar-refractivity contribution < 1.29 is 0 Å². The first-order valence-corrected chi connectivity index (χ1v) is 3.43. The Morgan fingerprint density at radius 2 is 1.89 bits per heavy atom. The smallest absolute Gasteiger partial charge is 0.0977 e. The molecule has 0 atom stereocenters. The van der Waals surface area contributed by atoms with E-state index in [4.69, 9.17) is 7.85 Å². The minimum atomic E-state index is 0.944. The van der Waals surface area contributed by atoms with Crippen molar-refractivity contribution >= 4 is 7.85 Å². The first-order valence-electron chi connectivity index (χ1n) is 3.43. The molecule has 2 radical (unpaired) electrons. The number of allylic oxidation sites excluding steroid dienone is 4. The zero-order chi connectivity index (χ0) is 7.28. The second-order valence-electron chi connectivity index (χ2n) is 1.78. The number of hydrogen-bond acceptors (Lipinski definition) is 0. The average Bonchev–Trinajstić information content (AvgIpc) is 2.23. The summed E-state index contributed by atoms with van der Waals surface area (Å²) in [6.07, 6.45) is 5.17. The molecule has 0 aromatic heterocycles. The molecule has 0 aliphatic heterocycles. The van der Waals surface area contributed by atoms with Crippen molar-refractivity contribution in [3.8, 4) is 0 Å². The molecule has 0 aromatic carbocycles. The molecule has 48 valence electrons. The zero-order valence-corrected chi connectivity index (χ0v) is 6.44. The minimum absolute atomic E-state index is 0.944. The Kier molecular flexibility index (Phi) is 4.20. The van der Waals surface area contributed by atoms with Gasteiger partial charge in [-0.15, -0.1) is 0 Å². The lowest BCUT2D eigenvalue weighted by Gasteiger charge is -1.88. The molecular formula is C8H13B. The van der Waals surface area contributed by atoms with E-state index in [9.17, 15) is 0 Å². The van der Waals surface area contributed by atoms with Gasteiger partial charge in [0.1, 0.15) is 7.85 Å². The second kappa shape index (κ2) is 4.43. The van der Waals surface area contributed by atoms with Crippen LogP contribution < -0.4 is 0 Å². The zero-order valence-electron chi connectivity index (χ0n) is 6.44. The Bertz CT molecular complexity index is 116. The molecular weight excluding hydrogens is 107 g/mol. The van der Waals surface area contributed by atoms with Crippen LogP contribution >= 0.6 is 0 Å². The molecule has 1 aliphatic rings. The lowest BCUT2D eigenvalue weighted by atomic mass is 9.92. The van der Waals surface area contributed by atoms with E-state index in [-0.39, 0.29) is 0 Å². The summed E-state index contributed by atoms with van der Waals surface area (Å²) < 4.78 is 0. The van der Waals surface area contributed by atoms with E-state index in [0.29, 0.717) is 0 Å². The van der Waals surface area contributed by atoms with Gasteiger partial charge in [-0.3, -0.25) is 0 Å². The van der Waals surface area contributed by atoms with Crippen molar-refractivity contribution in [3.05, 3.63) is 23.2 Å². The summed E-state index contributed by atoms with van der Waals surface area (Å²) in [5.41, 5.74) is 2.17. The molecule has 0 unspecified atom stereocenters. The first-order chi connectivity index (χ1) is 4.30. The van der Waals surface area contributed by atoms with Gasteiger partial charge >= 0.3 is 0 Å². The van der Waals surface area contributed by atoms with Crippen LogP contribution in [0, 0.1) is 0 Å². The SMILES string of the molecule is CC.[B]C1=CCC=C1C.